The Morgan fingerprint density at radius 2 is 2.06 bits per heavy atom. The molecule has 0 spiro atoms. The number of aryl methyl sites for hydroxylation is 1. The molecule has 2 heterocycles. The second-order valence-corrected chi connectivity index (χ2v) is 4.27. The van der Waals surface area contributed by atoms with Crippen LogP contribution in [0.4, 0.5) is 5.82 Å². The van der Waals surface area contributed by atoms with Crippen molar-refractivity contribution in [1.29, 1.82) is 0 Å². The average molecular weight is 245 g/mol. The lowest BCUT2D eigenvalue weighted by Gasteiger charge is -2.06. The number of nitrogens with zero attached hydrogens (tertiary/aromatic N) is 3. The van der Waals surface area contributed by atoms with Gasteiger partial charge in [-0.3, -0.25) is 0 Å². The summed E-state index contributed by atoms with van der Waals surface area (Å²) in [7, 11) is 0. The fraction of sp³-hybridized carbons (Fsp3) is 0.0833. The molecule has 84 valence electrons. The first-order valence-corrected chi connectivity index (χ1v) is 5.50. The Kier molecular flexibility index (Phi) is 2.12. The molecule has 0 aliphatic rings. The highest BCUT2D eigenvalue weighted by atomic mass is 35.5. The number of hydrogen-bond donors (Lipinski definition) is 1. The number of aromatic nitrogens is 3. The molecule has 0 saturated heterocycles. The van der Waals surface area contributed by atoms with Crippen LogP contribution in [-0.2, 0) is 0 Å². The molecule has 2 aromatic heterocycles. The Labute approximate surface area is 102 Å². The highest BCUT2D eigenvalue weighted by molar-refractivity contribution is 6.32. The van der Waals surface area contributed by atoms with Gasteiger partial charge in [0.2, 0.25) is 0 Å². The van der Waals surface area contributed by atoms with Crippen molar-refractivity contribution in [1.82, 2.24) is 15.0 Å². The summed E-state index contributed by atoms with van der Waals surface area (Å²) >= 11 is 6.07. The molecule has 2 N–H and O–H groups in total. The van der Waals surface area contributed by atoms with Crippen LogP contribution in [-0.4, -0.2) is 15.0 Å². The monoisotopic (exact) mass is 244 g/mol. The smallest absolute Gasteiger partial charge is 0.165 e. The first-order valence-electron chi connectivity index (χ1n) is 5.13. The maximum absolute atomic E-state index is 6.07. The SMILES string of the molecule is Cc1c(Cl)ccc2cc3c(N)ncnc3nc12. The molecule has 4 nitrogen and oxygen atoms in total. The maximum atomic E-state index is 6.07. The van der Waals surface area contributed by atoms with Gasteiger partial charge in [-0.2, -0.15) is 0 Å². The van der Waals surface area contributed by atoms with Gasteiger partial charge in [0.15, 0.2) is 5.65 Å². The molecule has 0 radical (unpaired) electrons. The zero-order valence-corrected chi connectivity index (χ0v) is 9.86. The van der Waals surface area contributed by atoms with Crippen molar-refractivity contribution in [3.05, 3.63) is 35.1 Å². The summed E-state index contributed by atoms with van der Waals surface area (Å²) in [4.78, 5) is 12.6. The van der Waals surface area contributed by atoms with Crippen molar-refractivity contribution in [3.63, 3.8) is 0 Å². The lowest BCUT2D eigenvalue weighted by Crippen LogP contribution is -1.96. The summed E-state index contributed by atoms with van der Waals surface area (Å²) in [5, 5.41) is 2.45. The first kappa shape index (κ1) is 10.2. The Bertz CT molecular complexity index is 739. The van der Waals surface area contributed by atoms with E-state index in [1.54, 1.807) is 0 Å². The molecular weight excluding hydrogens is 236 g/mol. The average Bonchev–Trinajstić information content (AvgIpc) is 2.33. The molecule has 1 aromatic carbocycles. The van der Waals surface area contributed by atoms with Gasteiger partial charge in [-0.15, -0.1) is 0 Å². The van der Waals surface area contributed by atoms with Gasteiger partial charge in [-0.05, 0) is 24.6 Å². The number of fused-ring (bicyclic) bond motifs is 2. The minimum Gasteiger partial charge on any atom is -0.383 e. The number of nitrogens with two attached hydrogens (primary N) is 1. The number of rotatable bonds is 0. The molecular formula is C12H9ClN4. The zero-order chi connectivity index (χ0) is 12.0. The molecule has 0 atom stereocenters. The number of pyridine rings is 1. The fourth-order valence-electron chi connectivity index (χ4n) is 1.85. The fourth-order valence-corrected chi connectivity index (χ4v) is 2.00. The molecule has 0 aliphatic heterocycles. The van der Waals surface area contributed by atoms with Crippen LogP contribution in [0.3, 0.4) is 0 Å². The molecule has 0 saturated carbocycles. The minimum absolute atomic E-state index is 0.442. The van der Waals surface area contributed by atoms with E-state index >= 15 is 0 Å². The normalized spacial score (nSPS) is 11.2. The van der Waals surface area contributed by atoms with Crippen LogP contribution < -0.4 is 5.73 Å². The molecule has 0 aliphatic carbocycles. The number of anilines is 1. The van der Waals surface area contributed by atoms with Gasteiger partial charge in [-0.1, -0.05) is 17.7 Å². The Morgan fingerprint density at radius 3 is 2.88 bits per heavy atom. The van der Waals surface area contributed by atoms with Gasteiger partial charge in [0.25, 0.3) is 0 Å². The van der Waals surface area contributed by atoms with E-state index in [-0.39, 0.29) is 0 Å². The molecule has 0 bridgehead atoms. The van der Waals surface area contributed by atoms with Crippen molar-refractivity contribution in [2.45, 2.75) is 6.92 Å². The summed E-state index contributed by atoms with van der Waals surface area (Å²) in [6.07, 6.45) is 1.41. The van der Waals surface area contributed by atoms with Crippen LogP contribution in [0, 0.1) is 6.92 Å². The van der Waals surface area contributed by atoms with Gasteiger partial charge >= 0.3 is 0 Å². The standard InChI is InChI=1S/C12H9ClN4/c1-6-9(13)3-2-7-4-8-11(14)15-5-16-12(8)17-10(6)7/h2-5H,1H3,(H2,14,15,16,17). The summed E-state index contributed by atoms with van der Waals surface area (Å²) < 4.78 is 0. The largest absolute Gasteiger partial charge is 0.383 e. The van der Waals surface area contributed by atoms with Gasteiger partial charge in [0, 0.05) is 10.4 Å². The van der Waals surface area contributed by atoms with Crippen LogP contribution in [0.1, 0.15) is 5.56 Å². The summed E-state index contributed by atoms with van der Waals surface area (Å²) in [6, 6.07) is 5.71. The predicted octanol–water partition coefficient (Wildman–Crippen LogP) is 2.72. The molecule has 0 amide bonds. The van der Waals surface area contributed by atoms with E-state index < -0.39 is 0 Å². The Morgan fingerprint density at radius 1 is 1.24 bits per heavy atom. The van der Waals surface area contributed by atoms with Crippen LogP contribution >= 0.6 is 11.6 Å². The van der Waals surface area contributed by atoms with Crippen molar-refractivity contribution in [3.8, 4) is 0 Å². The summed E-state index contributed by atoms with van der Waals surface area (Å²) in [5.41, 5.74) is 8.19. The molecule has 3 rings (SSSR count). The number of benzene rings is 1. The maximum Gasteiger partial charge on any atom is 0.165 e. The van der Waals surface area contributed by atoms with Crippen molar-refractivity contribution in [2.75, 3.05) is 5.73 Å². The Balaban J connectivity index is 2.52. The first-order chi connectivity index (χ1) is 8.16. The van der Waals surface area contributed by atoms with E-state index in [1.165, 1.54) is 6.33 Å². The van der Waals surface area contributed by atoms with Gasteiger partial charge in [0.05, 0.1) is 10.9 Å². The molecule has 0 unspecified atom stereocenters. The quantitative estimate of drug-likeness (QED) is 0.618. The van der Waals surface area contributed by atoms with E-state index in [0.717, 1.165) is 21.9 Å². The van der Waals surface area contributed by atoms with Gasteiger partial charge < -0.3 is 5.73 Å². The third kappa shape index (κ3) is 1.49. The highest BCUT2D eigenvalue weighted by Gasteiger charge is 2.07. The Hall–Kier alpha value is -1.94. The van der Waals surface area contributed by atoms with Crippen molar-refractivity contribution in [2.24, 2.45) is 0 Å². The van der Waals surface area contributed by atoms with Crippen LogP contribution in [0.15, 0.2) is 24.5 Å². The molecule has 17 heavy (non-hydrogen) atoms. The van der Waals surface area contributed by atoms with Gasteiger partial charge in [0.1, 0.15) is 12.1 Å². The second-order valence-electron chi connectivity index (χ2n) is 3.86. The van der Waals surface area contributed by atoms with Crippen LogP contribution in [0.5, 0.6) is 0 Å². The zero-order valence-electron chi connectivity index (χ0n) is 9.11. The van der Waals surface area contributed by atoms with E-state index in [4.69, 9.17) is 17.3 Å². The minimum atomic E-state index is 0.442. The summed E-state index contributed by atoms with van der Waals surface area (Å²) in [6.45, 7) is 1.94. The number of nitrogen functional groups attached to an aromatic ring is 1. The topological polar surface area (TPSA) is 64.7 Å². The molecule has 0 fully saturated rings. The van der Waals surface area contributed by atoms with Crippen molar-refractivity contribution < 1.29 is 0 Å². The van der Waals surface area contributed by atoms with E-state index in [1.807, 2.05) is 25.1 Å². The van der Waals surface area contributed by atoms with Crippen LogP contribution in [0.2, 0.25) is 5.02 Å². The van der Waals surface area contributed by atoms with Gasteiger partial charge in [-0.25, -0.2) is 15.0 Å². The highest BCUT2D eigenvalue weighted by Crippen LogP contribution is 2.27. The second kappa shape index (κ2) is 3.53. The van der Waals surface area contributed by atoms with E-state index in [9.17, 15) is 0 Å². The number of hydrogen-bond acceptors (Lipinski definition) is 4. The lowest BCUT2D eigenvalue weighted by atomic mass is 10.1. The predicted molar refractivity (Wildman–Crippen MR) is 69.0 cm³/mol. The number of halogens is 1. The molecule has 3 aromatic rings. The molecule has 5 heteroatoms. The van der Waals surface area contributed by atoms with E-state index in [2.05, 4.69) is 15.0 Å². The van der Waals surface area contributed by atoms with Crippen molar-refractivity contribution >= 4 is 39.4 Å². The third-order valence-corrected chi connectivity index (χ3v) is 3.22. The van der Waals surface area contributed by atoms with E-state index in [0.29, 0.717) is 16.5 Å². The third-order valence-electron chi connectivity index (χ3n) is 2.81. The van der Waals surface area contributed by atoms with Crippen LogP contribution in [0.25, 0.3) is 21.9 Å². The lowest BCUT2D eigenvalue weighted by molar-refractivity contribution is 1.20. The summed E-state index contributed by atoms with van der Waals surface area (Å²) in [5.74, 6) is 0.442.